The molecule has 1 fully saturated rings. The average Bonchev–Trinajstić information content (AvgIpc) is 2.99. The van der Waals surface area contributed by atoms with Crippen molar-refractivity contribution in [3.63, 3.8) is 0 Å². The van der Waals surface area contributed by atoms with Crippen molar-refractivity contribution in [1.82, 2.24) is 10.2 Å². The van der Waals surface area contributed by atoms with Gasteiger partial charge in [0.15, 0.2) is 0 Å². The van der Waals surface area contributed by atoms with Crippen molar-refractivity contribution in [1.29, 1.82) is 0 Å². The number of thiophene rings is 1. The standard InChI is InChI=1S/C15H26N2S/c1-3-15-5-4-13(2)17(15)10-9-16-8-6-14-7-11-18-12-14/h7,11-13,15-16H,3-6,8-10H2,1-2H3. The molecular weight excluding hydrogens is 240 g/mol. The molecule has 0 amide bonds. The van der Waals surface area contributed by atoms with Crippen LogP contribution in [0.2, 0.25) is 0 Å². The second-order valence-corrected chi connectivity index (χ2v) is 6.14. The first kappa shape index (κ1) is 14.0. The number of likely N-dealkylation sites (tertiary alicyclic amines) is 1. The molecule has 2 heterocycles. The third kappa shape index (κ3) is 3.81. The zero-order valence-electron chi connectivity index (χ0n) is 11.7. The fraction of sp³-hybridized carbons (Fsp3) is 0.733. The van der Waals surface area contributed by atoms with Crippen molar-refractivity contribution < 1.29 is 0 Å². The number of nitrogens with one attached hydrogen (secondary N) is 1. The molecule has 2 nitrogen and oxygen atoms in total. The monoisotopic (exact) mass is 266 g/mol. The fourth-order valence-electron chi connectivity index (χ4n) is 2.97. The van der Waals surface area contributed by atoms with E-state index in [9.17, 15) is 0 Å². The molecule has 3 heteroatoms. The van der Waals surface area contributed by atoms with Crippen molar-refractivity contribution in [3.05, 3.63) is 22.4 Å². The molecule has 1 aromatic heterocycles. The van der Waals surface area contributed by atoms with Crippen LogP contribution in [-0.2, 0) is 6.42 Å². The van der Waals surface area contributed by atoms with Crippen molar-refractivity contribution in [2.75, 3.05) is 19.6 Å². The zero-order valence-corrected chi connectivity index (χ0v) is 12.5. The average molecular weight is 266 g/mol. The van der Waals surface area contributed by atoms with E-state index in [0.717, 1.165) is 31.6 Å². The van der Waals surface area contributed by atoms with Crippen molar-refractivity contribution in [3.8, 4) is 0 Å². The Kier molecular flexibility index (Phi) is 5.67. The number of rotatable bonds is 7. The van der Waals surface area contributed by atoms with Crippen molar-refractivity contribution in [2.24, 2.45) is 0 Å². The van der Waals surface area contributed by atoms with Gasteiger partial charge in [-0.3, -0.25) is 4.90 Å². The summed E-state index contributed by atoms with van der Waals surface area (Å²) in [5.74, 6) is 0. The Morgan fingerprint density at radius 1 is 1.39 bits per heavy atom. The van der Waals surface area contributed by atoms with E-state index in [0.29, 0.717) is 0 Å². The van der Waals surface area contributed by atoms with Crippen LogP contribution < -0.4 is 5.32 Å². The van der Waals surface area contributed by atoms with Crippen LogP contribution in [0.5, 0.6) is 0 Å². The van der Waals surface area contributed by atoms with Gasteiger partial charge in [0.25, 0.3) is 0 Å². The van der Waals surface area contributed by atoms with E-state index in [4.69, 9.17) is 0 Å². The van der Waals surface area contributed by atoms with E-state index in [-0.39, 0.29) is 0 Å². The van der Waals surface area contributed by atoms with E-state index in [1.807, 2.05) is 0 Å². The Hall–Kier alpha value is -0.380. The molecule has 1 N–H and O–H groups in total. The molecule has 2 rings (SSSR count). The van der Waals surface area contributed by atoms with Crippen molar-refractivity contribution >= 4 is 11.3 Å². The van der Waals surface area contributed by atoms with Gasteiger partial charge in [-0.1, -0.05) is 6.92 Å². The molecule has 1 aliphatic heterocycles. The first-order valence-corrected chi connectivity index (χ1v) is 8.23. The van der Waals surface area contributed by atoms with Gasteiger partial charge >= 0.3 is 0 Å². The van der Waals surface area contributed by atoms with Crippen LogP contribution >= 0.6 is 11.3 Å². The minimum Gasteiger partial charge on any atom is -0.315 e. The summed E-state index contributed by atoms with van der Waals surface area (Å²) in [5, 5.41) is 7.99. The van der Waals surface area contributed by atoms with Crippen LogP contribution in [0.15, 0.2) is 16.8 Å². The Morgan fingerprint density at radius 3 is 3.00 bits per heavy atom. The lowest BCUT2D eigenvalue weighted by Gasteiger charge is -2.27. The van der Waals surface area contributed by atoms with E-state index < -0.39 is 0 Å². The van der Waals surface area contributed by atoms with Crippen LogP contribution in [0.1, 0.15) is 38.7 Å². The summed E-state index contributed by atoms with van der Waals surface area (Å²) in [7, 11) is 0. The third-order valence-corrected chi connectivity index (χ3v) is 4.87. The lowest BCUT2D eigenvalue weighted by atomic mass is 10.1. The molecule has 0 spiro atoms. The Bertz CT molecular complexity index is 323. The van der Waals surface area contributed by atoms with Gasteiger partial charge in [-0.25, -0.2) is 0 Å². The Balaban J connectivity index is 1.60. The third-order valence-electron chi connectivity index (χ3n) is 4.14. The molecule has 0 aromatic carbocycles. The van der Waals surface area contributed by atoms with Crippen LogP contribution in [0.3, 0.4) is 0 Å². The molecular formula is C15H26N2S. The molecule has 1 aromatic rings. The van der Waals surface area contributed by atoms with E-state index in [1.165, 1.54) is 31.4 Å². The van der Waals surface area contributed by atoms with E-state index in [2.05, 4.69) is 40.9 Å². The van der Waals surface area contributed by atoms with Crippen LogP contribution in [-0.4, -0.2) is 36.6 Å². The SMILES string of the molecule is CCC1CCC(C)N1CCNCCc1ccsc1. The van der Waals surface area contributed by atoms with Gasteiger partial charge in [-0.15, -0.1) is 0 Å². The summed E-state index contributed by atoms with van der Waals surface area (Å²) in [6, 6.07) is 3.84. The lowest BCUT2D eigenvalue weighted by molar-refractivity contribution is 0.199. The van der Waals surface area contributed by atoms with Gasteiger partial charge in [-0.2, -0.15) is 11.3 Å². The highest BCUT2D eigenvalue weighted by atomic mass is 32.1. The van der Waals surface area contributed by atoms with Gasteiger partial charge in [-0.05, 0) is 61.5 Å². The number of nitrogens with zero attached hydrogens (tertiary/aromatic N) is 1. The van der Waals surface area contributed by atoms with Gasteiger partial charge in [0.1, 0.15) is 0 Å². The van der Waals surface area contributed by atoms with Crippen LogP contribution in [0.25, 0.3) is 0 Å². The smallest absolute Gasteiger partial charge is 0.0113 e. The molecule has 1 aliphatic rings. The largest absolute Gasteiger partial charge is 0.315 e. The molecule has 0 radical (unpaired) electrons. The quantitative estimate of drug-likeness (QED) is 0.763. The first-order chi connectivity index (χ1) is 8.81. The van der Waals surface area contributed by atoms with Gasteiger partial charge < -0.3 is 5.32 Å². The maximum absolute atomic E-state index is 3.58. The minimum absolute atomic E-state index is 0.786. The van der Waals surface area contributed by atoms with Gasteiger partial charge in [0.05, 0.1) is 0 Å². The van der Waals surface area contributed by atoms with Crippen LogP contribution in [0.4, 0.5) is 0 Å². The zero-order chi connectivity index (χ0) is 12.8. The van der Waals surface area contributed by atoms with E-state index >= 15 is 0 Å². The van der Waals surface area contributed by atoms with E-state index in [1.54, 1.807) is 11.3 Å². The minimum atomic E-state index is 0.786. The Morgan fingerprint density at radius 2 is 2.28 bits per heavy atom. The highest BCUT2D eigenvalue weighted by Crippen LogP contribution is 2.24. The summed E-state index contributed by atoms with van der Waals surface area (Å²) in [4.78, 5) is 2.69. The predicted octanol–water partition coefficient (Wildman–Crippen LogP) is 3.14. The second kappa shape index (κ2) is 7.27. The maximum Gasteiger partial charge on any atom is 0.0113 e. The summed E-state index contributed by atoms with van der Waals surface area (Å²) < 4.78 is 0. The lowest BCUT2D eigenvalue weighted by Crippen LogP contribution is -2.39. The van der Waals surface area contributed by atoms with Gasteiger partial charge in [0.2, 0.25) is 0 Å². The fourth-order valence-corrected chi connectivity index (χ4v) is 3.67. The molecule has 102 valence electrons. The maximum atomic E-state index is 3.58. The predicted molar refractivity (Wildman–Crippen MR) is 80.4 cm³/mol. The molecule has 1 saturated heterocycles. The summed E-state index contributed by atoms with van der Waals surface area (Å²) >= 11 is 1.79. The molecule has 18 heavy (non-hydrogen) atoms. The molecule has 0 aliphatic carbocycles. The highest BCUT2D eigenvalue weighted by Gasteiger charge is 2.28. The molecule has 0 bridgehead atoms. The number of hydrogen-bond acceptors (Lipinski definition) is 3. The van der Waals surface area contributed by atoms with Crippen molar-refractivity contribution in [2.45, 2.75) is 51.6 Å². The Labute approximate surface area is 115 Å². The topological polar surface area (TPSA) is 15.3 Å². The van der Waals surface area contributed by atoms with Gasteiger partial charge in [0, 0.05) is 25.2 Å². The normalized spacial score (nSPS) is 24.8. The first-order valence-electron chi connectivity index (χ1n) is 7.28. The highest BCUT2D eigenvalue weighted by molar-refractivity contribution is 7.07. The summed E-state index contributed by atoms with van der Waals surface area (Å²) in [6.07, 6.45) is 5.25. The van der Waals surface area contributed by atoms with Crippen LogP contribution in [0, 0.1) is 0 Å². The second-order valence-electron chi connectivity index (χ2n) is 5.36. The molecule has 2 atom stereocenters. The molecule has 2 unspecified atom stereocenters. The summed E-state index contributed by atoms with van der Waals surface area (Å²) in [6.45, 7) is 8.14. The number of hydrogen-bond donors (Lipinski definition) is 1. The summed E-state index contributed by atoms with van der Waals surface area (Å²) in [5.41, 5.74) is 1.47. The molecule has 0 saturated carbocycles.